The van der Waals surface area contributed by atoms with Crippen molar-refractivity contribution < 1.29 is 33.0 Å². The summed E-state index contributed by atoms with van der Waals surface area (Å²) in [5.41, 5.74) is 3.15. The molecule has 0 radical (unpaired) electrons. The highest BCUT2D eigenvalue weighted by molar-refractivity contribution is 6.13. The molecule has 0 amide bonds. The number of benzene rings is 2. The van der Waals surface area contributed by atoms with E-state index in [0.29, 0.717) is 59.7 Å². The molecular weight excluding hydrogens is 464 g/mol. The quantitative estimate of drug-likeness (QED) is 0.287. The average molecular weight is 493 g/mol. The normalized spacial score (nSPS) is 14.0. The second kappa shape index (κ2) is 11.0. The number of carbonyl (C=O) groups is 1. The van der Waals surface area contributed by atoms with Crippen LogP contribution in [-0.4, -0.2) is 37.3 Å². The highest BCUT2D eigenvalue weighted by Crippen LogP contribution is 2.32. The monoisotopic (exact) mass is 492 g/mol. The van der Waals surface area contributed by atoms with Gasteiger partial charge in [-0.15, -0.1) is 0 Å². The predicted octanol–water partition coefficient (Wildman–Crippen LogP) is 5.02. The van der Waals surface area contributed by atoms with E-state index in [0.717, 1.165) is 11.3 Å². The van der Waals surface area contributed by atoms with Crippen LogP contribution in [-0.2, 0) is 16.1 Å². The molecule has 3 aromatic rings. The van der Waals surface area contributed by atoms with Crippen LogP contribution in [0.15, 0.2) is 51.6 Å². The van der Waals surface area contributed by atoms with E-state index >= 15 is 0 Å². The van der Waals surface area contributed by atoms with E-state index in [-0.39, 0.29) is 11.6 Å². The Labute approximate surface area is 209 Å². The van der Waals surface area contributed by atoms with Gasteiger partial charge in [0.25, 0.3) is 0 Å². The van der Waals surface area contributed by atoms with Gasteiger partial charge in [-0.05, 0) is 69.7 Å². The number of aryl methyl sites for hydroxylation is 2. The summed E-state index contributed by atoms with van der Waals surface area (Å²) in [6.45, 7) is 8.77. The smallest absolute Gasteiger partial charge is 0.363 e. The first-order chi connectivity index (χ1) is 17.4. The third kappa shape index (κ3) is 5.35. The standard InChI is InChI=1S/C27H28N2O7/c1-6-32-23-11-9-19(14-25(23)33-7-2)26-28-21(27(30)35-26)12-18-8-10-22(24(13-18)31-5)34-15-20-16(3)29-36-17(20)4/h8-14H,6-7,15H2,1-5H3/b21-12-. The highest BCUT2D eigenvalue weighted by Gasteiger charge is 2.25. The SMILES string of the molecule is CCOc1ccc(C2=N/C(=C\c3ccc(OCc4c(C)noc4C)c(OC)c3)C(=O)O2)cc1OCC. The van der Waals surface area contributed by atoms with E-state index < -0.39 is 5.97 Å². The van der Waals surface area contributed by atoms with Gasteiger partial charge < -0.3 is 28.2 Å². The van der Waals surface area contributed by atoms with Gasteiger partial charge in [0.2, 0.25) is 5.90 Å². The molecule has 188 valence electrons. The maximum absolute atomic E-state index is 12.5. The summed E-state index contributed by atoms with van der Waals surface area (Å²) in [6.07, 6.45) is 1.63. The number of hydrogen-bond donors (Lipinski definition) is 0. The number of methoxy groups -OCH3 is 1. The second-order valence-electron chi connectivity index (χ2n) is 7.87. The van der Waals surface area contributed by atoms with Gasteiger partial charge in [-0.1, -0.05) is 11.2 Å². The molecule has 0 spiro atoms. The molecule has 4 rings (SSSR count). The summed E-state index contributed by atoms with van der Waals surface area (Å²) in [5, 5.41) is 3.94. The van der Waals surface area contributed by atoms with Crippen LogP contribution in [0.2, 0.25) is 0 Å². The second-order valence-corrected chi connectivity index (χ2v) is 7.87. The lowest BCUT2D eigenvalue weighted by Gasteiger charge is -2.11. The minimum absolute atomic E-state index is 0.170. The fourth-order valence-corrected chi connectivity index (χ4v) is 3.63. The van der Waals surface area contributed by atoms with Crippen molar-refractivity contribution in [3.05, 3.63) is 70.2 Å². The van der Waals surface area contributed by atoms with Gasteiger partial charge in [-0.25, -0.2) is 9.79 Å². The Kier molecular flexibility index (Phi) is 7.58. The van der Waals surface area contributed by atoms with Gasteiger partial charge in [0.1, 0.15) is 12.4 Å². The summed E-state index contributed by atoms with van der Waals surface area (Å²) in [5.74, 6) is 2.60. The third-order valence-corrected chi connectivity index (χ3v) is 5.46. The van der Waals surface area contributed by atoms with Gasteiger partial charge in [-0.3, -0.25) is 0 Å². The number of esters is 1. The molecule has 0 unspecified atom stereocenters. The lowest BCUT2D eigenvalue weighted by molar-refractivity contribution is -0.129. The van der Waals surface area contributed by atoms with Crippen molar-refractivity contribution in [3.8, 4) is 23.0 Å². The molecule has 36 heavy (non-hydrogen) atoms. The van der Waals surface area contributed by atoms with Crippen LogP contribution in [0.1, 0.15) is 42.0 Å². The fraction of sp³-hybridized carbons (Fsp3) is 0.296. The van der Waals surface area contributed by atoms with Crippen LogP contribution in [0.4, 0.5) is 0 Å². The van der Waals surface area contributed by atoms with E-state index in [1.54, 1.807) is 43.5 Å². The van der Waals surface area contributed by atoms with Crippen molar-refractivity contribution >= 4 is 17.9 Å². The fourth-order valence-electron chi connectivity index (χ4n) is 3.63. The molecule has 0 saturated carbocycles. The van der Waals surface area contributed by atoms with Crippen LogP contribution >= 0.6 is 0 Å². The van der Waals surface area contributed by atoms with Crippen LogP contribution in [0.5, 0.6) is 23.0 Å². The number of ether oxygens (including phenoxy) is 5. The lowest BCUT2D eigenvalue weighted by atomic mass is 10.1. The summed E-state index contributed by atoms with van der Waals surface area (Å²) in [7, 11) is 1.55. The maximum Gasteiger partial charge on any atom is 0.363 e. The van der Waals surface area contributed by atoms with E-state index in [1.165, 1.54) is 0 Å². The van der Waals surface area contributed by atoms with Crippen molar-refractivity contribution in [2.45, 2.75) is 34.3 Å². The Morgan fingerprint density at radius 2 is 1.64 bits per heavy atom. The molecule has 1 aromatic heterocycles. The Hall–Kier alpha value is -4.27. The van der Waals surface area contributed by atoms with Gasteiger partial charge in [0, 0.05) is 5.56 Å². The van der Waals surface area contributed by atoms with Gasteiger partial charge in [-0.2, -0.15) is 0 Å². The number of hydrogen-bond acceptors (Lipinski definition) is 9. The summed E-state index contributed by atoms with van der Waals surface area (Å²) in [6, 6.07) is 10.6. The van der Waals surface area contributed by atoms with E-state index in [4.69, 9.17) is 28.2 Å². The van der Waals surface area contributed by atoms with Crippen LogP contribution in [0.3, 0.4) is 0 Å². The zero-order valence-electron chi connectivity index (χ0n) is 20.9. The molecule has 2 heterocycles. The predicted molar refractivity (Wildman–Crippen MR) is 133 cm³/mol. The Morgan fingerprint density at radius 1 is 0.917 bits per heavy atom. The van der Waals surface area contributed by atoms with Crippen molar-refractivity contribution in [1.29, 1.82) is 0 Å². The maximum atomic E-state index is 12.5. The Balaban J connectivity index is 1.55. The lowest BCUT2D eigenvalue weighted by Crippen LogP contribution is -2.06. The number of carbonyl (C=O) groups excluding carboxylic acids is 1. The number of cyclic esters (lactones) is 1. The number of rotatable bonds is 10. The van der Waals surface area contributed by atoms with Crippen LogP contribution in [0.25, 0.3) is 6.08 Å². The summed E-state index contributed by atoms with van der Waals surface area (Å²) in [4.78, 5) is 16.9. The van der Waals surface area contributed by atoms with Crippen molar-refractivity contribution in [3.63, 3.8) is 0 Å². The molecule has 9 nitrogen and oxygen atoms in total. The molecule has 0 aliphatic carbocycles. The molecule has 0 saturated heterocycles. The van der Waals surface area contributed by atoms with E-state index in [2.05, 4.69) is 10.1 Å². The Morgan fingerprint density at radius 3 is 2.33 bits per heavy atom. The van der Waals surface area contributed by atoms with Crippen molar-refractivity contribution in [2.24, 2.45) is 4.99 Å². The average Bonchev–Trinajstić information content (AvgIpc) is 3.40. The molecule has 0 bridgehead atoms. The van der Waals surface area contributed by atoms with Crippen LogP contribution in [0, 0.1) is 13.8 Å². The van der Waals surface area contributed by atoms with Crippen LogP contribution < -0.4 is 18.9 Å². The Bertz CT molecular complexity index is 1300. The molecule has 1 aliphatic heterocycles. The molecular formula is C27H28N2O7. The first-order valence-electron chi connectivity index (χ1n) is 11.6. The minimum Gasteiger partial charge on any atom is -0.493 e. The topological polar surface area (TPSA) is 102 Å². The molecule has 0 atom stereocenters. The molecule has 2 aromatic carbocycles. The zero-order valence-corrected chi connectivity index (χ0v) is 20.9. The van der Waals surface area contributed by atoms with Gasteiger partial charge in [0.05, 0.1) is 31.6 Å². The first kappa shape index (κ1) is 24.8. The largest absolute Gasteiger partial charge is 0.493 e. The van der Waals surface area contributed by atoms with E-state index in [1.807, 2.05) is 33.8 Å². The summed E-state index contributed by atoms with van der Waals surface area (Å²) >= 11 is 0. The highest BCUT2D eigenvalue weighted by atomic mass is 16.6. The number of aliphatic imine (C=N–C) groups is 1. The molecule has 0 fully saturated rings. The first-order valence-corrected chi connectivity index (χ1v) is 11.6. The number of nitrogens with zero attached hydrogens (tertiary/aromatic N) is 2. The van der Waals surface area contributed by atoms with E-state index in [9.17, 15) is 4.79 Å². The van der Waals surface area contributed by atoms with Gasteiger partial charge >= 0.3 is 5.97 Å². The zero-order chi connectivity index (χ0) is 25.7. The molecule has 0 N–H and O–H groups in total. The minimum atomic E-state index is -0.547. The molecule has 9 heteroatoms. The van der Waals surface area contributed by atoms with Gasteiger partial charge in [0.15, 0.2) is 28.7 Å². The summed E-state index contributed by atoms with van der Waals surface area (Å²) < 4.78 is 33.3. The number of aromatic nitrogens is 1. The third-order valence-electron chi connectivity index (χ3n) is 5.46. The molecule has 1 aliphatic rings. The van der Waals surface area contributed by atoms with Crippen molar-refractivity contribution in [1.82, 2.24) is 5.16 Å². The van der Waals surface area contributed by atoms with Crippen molar-refractivity contribution in [2.75, 3.05) is 20.3 Å².